The van der Waals surface area contributed by atoms with Gasteiger partial charge in [0.15, 0.2) is 4.34 Å². The summed E-state index contributed by atoms with van der Waals surface area (Å²) in [6.45, 7) is 3.98. The lowest BCUT2D eigenvalue weighted by molar-refractivity contribution is -0.132. The number of amides is 1. The van der Waals surface area contributed by atoms with Gasteiger partial charge in [0.2, 0.25) is 5.13 Å². The minimum atomic E-state index is -0.945. The first kappa shape index (κ1) is 28.4. The molecule has 0 saturated carbocycles. The fraction of sp³-hybridized carbons (Fsp3) is 0.133. The zero-order chi connectivity index (χ0) is 28.9. The van der Waals surface area contributed by atoms with Gasteiger partial charge in [-0.3, -0.25) is 14.5 Å². The Morgan fingerprint density at radius 1 is 1.07 bits per heavy atom. The molecule has 208 valence electrons. The van der Waals surface area contributed by atoms with Gasteiger partial charge in [-0.15, -0.1) is 10.2 Å². The van der Waals surface area contributed by atoms with Gasteiger partial charge in [-0.25, -0.2) is 0 Å². The van der Waals surface area contributed by atoms with E-state index < -0.39 is 17.7 Å². The molecule has 1 aliphatic rings. The Hall–Kier alpha value is -4.12. The van der Waals surface area contributed by atoms with E-state index in [4.69, 9.17) is 21.1 Å². The number of halogens is 1. The van der Waals surface area contributed by atoms with Crippen LogP contribution in [0.5, 0.6) is 11.5 Å². The average molecular weight is 606 g/mol. The van der Waals surface area contributed by atoms with Crippen molar-refractivity contribution in [3.8, 4) is 11.5 Å². The first-order valence-electron chi connectivity index (χ1n) is 12.4. The van der Waals surface area contributed by atoms with Crippen LogP contribution in [-0.4, -0.2) is 40.7 Å². The smallest absolute Gasteiger partial charge is 0.301 e. The number of carbonyl (C=O) groups excluding carboxylic acids is 2. The zero-order valence-corrected chi connectivity index (χ0v) is 24.2. The number of methoxy groups -OCH3 is 1. The van der Waals surface area contributed by atoms with E-state index in [9.17, 15) is 14.7 Å². The normalized spacial score (nSPS) is 16.1. The first-order valence-corrected chi connectivity index (χ1v) is 14.6. The van der Waals surface area contributed by atoms with Crippen molar-refractivity contribution >= 4 is 57.3 Å². The molecule has 1 saturated heterocycles. The molecule has 1 atom stereocenters. The van der Waals surface area contributed by atoms with Gasteiger partial charge in [0.25, 0.3) is 5.78 Å². The number of carbonyl (C=O) groups is 2. The summed E-state index contributed by atoms with van der Waals surface area (Å²) in [6.07, 6.45) is 1.63. The number of ketones is 1. The van der Waals surface area contributed by atoms with Crippen LogP contribution in [0.3, 0.4) is 0 Å². The highest BCUT2D eigenvalue weighted by molar-refractivity contribution is 8.00. The number of hydrogen-bond acceptors (Lipinski definition) is 9. The summed E-state index contributed by atoms with van der Waals surface area (Å²) in [5.41, 5.74) is 1.84. The maximum atomic E-state index is 13.5. The van der Waals surface area contributed by atoms with Crippen LogP contribution in [0, 0.1) is 0 Å². The molecule has 1 fully saturated rings. The van der Waals surface area contributed by atoms with Crippen LogP contribution in [0.25, 0.3) is 5.76 Å². The summed E-state index contributed by atoms with van der Waals surface area (Å²) in [6, 6.07) is 20.1. The molecule has 41 heavy (non-hydrogen) atoms. The number of nitrogens with zero attached hydrogens (tertiary/aromatic N) is 3. The van der Waals surface area contributed by atoms with Crippen molar-refractivity contribution in [2.75, 3.05) is 18.6 Å². The lowest BCUT2D eigenvalue weighted by atomic mass is 9.95. The zero-order valence-electron chi connectivity index (χ0n) is 21.8. The van der Waals surface area contributed by atoms with Crippen LogP contribution >= 0.6 is 34.7 Å². The van der Waals surface area contributed by atoms with Gasteiger partial charge in [0.1, 0.15) is 23.9 Å². The van der Waals surface area contributed by atoms with Gasteiger partial charge in [0.05, 0.1) is 18.7 Å². The third kappa shape index (κ3) is 6.00. The Labute approximate surface area is 249 Å². The molecular weight excluding hydrogens is 582 g/mol. The van der Waals surface area contributed by atoms with Gasteiger partial charge in [-0.05, 0) is 53.6 Å². The second-order valence-corrected chi connectivity index (χ2v) is 11.4. The largest absolute Gasteiger partial charge is 0.507 e. The highest BCUT2D eigenvalue weighted by atomic mass is 35.5. The highest BCUT2D eigenvalue weighted by Gasteiger charge is 2.48. The van der Waals surface area contributed by atoms with E-state index in [1.165, 1.54) is 35.1 Å². The second-order valence-electron chi connectivity index (χ2n) is 8.80. The fourth-order valence-corrected chi connectivity index (χ4v) is 6.42. The molecule has 1 aromatic heterocycles. The summed E-state index contributed by atoms with van der Waals surface area (Å²) >= 11 is 8.89. The van der Waals surface area contributed by atoms with Crippen molar-refractivity contribution in [2.45, 2.75) is 16.1 Å². The van der Waals surface area contributed by atoms with E-state index in [0.29, 0.717) is 44.3 Å². The molecule has 11 heteroatoms. The molecule has 2 heterocycles. The number of benzene rings is 3. The van der Waals surface area contributed by atoms with Crippen LogP contribution in [0.2, 0.25) is 5.02 Å². The van der Waals surface area contributed by atoms with E-state index in [0.717, 1.165) is 5.56 Å². The van der Waals surface area contributed by atoms with E-state index in [2.05, 4.69) is 16.8 Å². The monoisotopic (exact) mass is 605 g/mol. The van der Waals surface area contributed by atoms with Crippen molar-refractivity contribution in [2.24, 2.45) is 0 Å². The van der Waals surface area contributed by atoms with Crippen LogP contribution in [-0.2, 0) is 15.3 Å². The molecule has 1 aliphatic heterocycles. The van der Waals surface area contributed by atoms with Crippen LogP contribution in [0.4, 0.5) is 5.13 Å². The number of anilines is 1. The van der Waals surface area contributed by atoms with Crippen molar-refractivity contribution in [1.82, 2.24) is 10.2 Å². The number of Topliss-reactive ketones (excluding diaryl/α,β-unsaturated/α-hetero) is 1. The van der Waals surface area contributed by atoms with Gasteiger partial charge < -0.3 is 14.6 Å². The van der Waals surface area contributed by atoms with E-state index in [-0.39, 0.29) is 16.5 Å². The SMILES string of the molecule is C=CCOc1ccc(C2/C(=C(/O)c3ccc(OC)cc3)C(=O)C(=O)N2c2nnc(SCc3ccccc3Cl)s2)cc1. The Balaban J connectivity index is 1.53. The topological polar surface area (TPSA) is 102 Å². The number of thioether (sulfide) groups is 1. The van der Waals surface area contributed by atoms with Crippen molar-refractivity contribution in [1.29, 1.82) is 0 Å². The Morgan fingerprint density at radius 3 is 2.46 bits per heavy atom. The average Bonchev–Trinajstić information content (AvgIpc) is 3.57. The van der Waals surface area contributed by atoms with Crippen LogP contribution < -0.4 is 14.4 Å². The van der Waals surface area contributed by atoms with Gasteiger partial charge in [-0.2, -0.15) is 0 Å². The first-order chi connectivity index (χ1) is 19.9. The minimum Gasteiger partial charge on any atom is -0.507 e. The third-order valence-electron chi connectivity index (χ3n) is 6.28. The number of rotatable bonds is 10. The number of hydrogen-bond donors (Lipinski definition) is 1. The number of ether oxygens (including phenoxy) is 2. The van der Waals surface area contributed by atoms with Gasteiger partial charge >= 0.3 is 5.91 Å². The van der Waals surface area contributed by atoms with Gasteiger partial charge in [0, 0.05) is 16.3 Å². The summed E-state index contributed by atoms with van der Waals surface area (Å²) in [4.78, 5) is 28.2. The molecule has 0 bridgehead atoms. The fourth-order valence-electron chi connectivity index (χ4n) is 4.26. The van der Waals surface area contributed by atoms with E-state index in [1.54, 1.807) is 54.6 Å². The Kier molecular flexibility index (Phi) is 8.72. The summed E-state index contributed by atoms with van der Waals surface area (Å²) in [5.74, 6) is -0.200. The second kappa shape index (κ2) is 12.6. The number of aliphatic hydroxyl groups excluding tert-OH is 1. The molecule has 1 amide bonds. The number of aromatic nitrogens is 2. The Morgan fingerprint density at radius 2 is 1.78 bits per heavy atom. The van der Waals surface area contributed by atoms with Crippen LogP contribution in [0.15, 0.2) is 95.4 Å². The minimum absolute atomic E-state index is 0.0552. The van der Waals surface area contributed by atoms with Crippen molar-refractivity contribution < 1.29 is 24.2 Å². The molecule has 1 N–H and O–H groups in total. The molecule has 5 rings (SSSR count). The van der Waals surface area contributed by atoms with E-state index >= 15 is 0 Å². The van der Waals surface area contributed by atoms with Crippen molar-refractivity contribution in [3.63, 3.8) is 0 Å². The molecule has 8 nitrogen and oxygen atoms in total. The third-order valence-corrected chi connectivity index (χ3v) is 8.76. The molecule has 1 unspecified atom stereocenters. The maximum absolute atomic E-state index is 13.5. The summed E-state index contributed by atoms with van der Waals surface area (Å²) in [5, 5.41) is 20.7. The molecule has 0 spiro atoms. The maximum Gasteiger partial charge on any atom is 0.301 e. The molecule has 3 aromatic carbocycles. The quantitative estimate of drug-likeness (QED) is 0.0533. The van der Waals surface area contributed by atoms with Crippen LogP contribution in [0.1, 0.15) is 22.7 Å². The predicted octanol–water partition coefficient (Wildman–Crippen LogP) is 6.68. The number of aliphatic hydroxyl groups is 1. The summed E-state index contributed by atoms with van der Waals surface area (Å²) < 4.78 is 11.4. The lowest BCUT2D eigenvalue weighted by Gasteiger charge is -2.22. The molecule has 0 aliphatic carbocycles. The Bertz CT molecular complexity index is 1620. The molecule has 4 aromatic rings. The molecule has 0 radical (unpaired) electrons. The standard InChI is InChI=1S/C30H24ClN3O5S2/c1-3-16-39-22-14-8-18(9-15-22)25-24(26(35)19-10-12-21(38-2)13-11-19)27(36)28(37)34(25)29-32-33-30(41-29)40-17-20-6-4-5-7-23(20)31/h3-15,25,35H,1,16-17H2,2H3/b26-24-. The van der Waals surface area contributed by atoms with Crippen molar-refractivity contribution in [3.05, 3.63) is 113 Å². The highest BCUT2D eigenvalue weighted by Crippen LogP contribution is 2.44. The van der Waals surface area contributed by atoms with Gasteiger partial charge in [-0.1, -0.05) is 77.7 Å². The predicted molar refractivity (Wildman–Crippen MR) is 161 cm³/mol. The summed E-state index contributed by atoms with van der Waals surface area (Å²) in [7, 11) is 1.53. The lowest BCUT2D eigenvalue weighted by Crippen LogP contribution is -2.29. The molecular formula is C30H24ClN3O5S2. The van der Waals surface area contributed by atoms with E-state index in [1.807, 2.05) is 24.3 Å².